The van der Waals surface area contributed by atoms with E-state index in [1.165, 1.54) is 0 Å². The number of carbonyl (C=O) groups is 1. The van der Waals surface area contributed by atoms with Crippen molar-refractivity contribution in [3.05, 3.63) is 0 Å². The molecule has 0 radical (unpaired) electrons. The predicted molar refractivity (Wildman–Crippen MR) is 76.8 cm³/mol. The second-order valence-corrected chi connectivity index (χ2v) is 7.68. The van der Waals surface area contributed by atoms with Crippen LogP contribution in [0.25, 0.3) is 0 Å². The molecular formula is C13H26N2O3S. The van der Waals surface area contributed by atoms with Crippen molar-refractivity contribution in [2.75, 3.05) is 24.6 Å². The van der Waals surface area contributed by atoms with Gasteiger partial charge in [-0.25, -0.2) is 8.42 Å². The zero-order chi connectivity index (χ0) is 14.5. The highest BCUT2D eigenvalue weighted by Crippen LogP contribution is 2.18. The number of rotatable bonds is 7. The predicted octanol–water partition coefficient (Wildman–Crippen LogP) is 0.800. The number of hydrogen-bond donors (Lipinski definition) is 1. The molecule has 112 valence electrons. The molecule has 19 heavy (non-hydrogen) atoms. The van der Waals surface area contributed by atoms with Crippen LogP contribution in [0, 0.1) is 0 Å². The molecule has 1 rings (SSSR count). The minimum atomic E-state index is -2.93. The van der Waals surface area contributed by atoms with Gasteiger partial charge in [0.15, 0.2) is 9.84 Å². The molecule has 0 aromatic heterocycles. The Labute approximate surface area is 116 Å². The summed E-state index contributed by atoms with van der Waals surface area (Å²) in [6, 6.07) is 0.318. The molecule has 5 nitrogen and oxygen atoms in total. The second-order valence-electron chi connectivity index (χ2n) is 5.45. The fourth-order valence-corrected chi connectivity index (χ4v) is 4.16. The summed E-state index contributed by atoms with van der Waals surface area (Å²) in [6.45, 7) is 7.48. The number of hydrogen-bond acceptors (Lipinski definition) is 4. The highest BCUT2D eigenvalue weighted by molar-refractivity contribution is 7.91. The molecule has 0 aromatic carbocycles. The summed E-state index contributed by atoms with van der Waals surface area (Å²) in [7, 11) is -2.93. The van der Waals surface area contributed by atoms with Crippen LogP contribution < -0.4 is 5.32 Å². The van der Waals surface area contributed by atoms with Crippen LogP contribution in [0.5, 0.6) is 0 Å². The van der Waals surface area contributed by atoms with Gasteiger partial charge in [-0.05, 0) is 26.3 Å². The number of nitrogens with zero attached hydrogens (tertiary/aromatic N) is 1. The van der Waals surface area contributed by atoms with Gasteiger partial charge in [0.05, 0.1) is 11.5 Å². The van der Waals surface area contributed by atoms with Crippen molar-refractivity contribution < 1.29 is 13.2 Å². The molecule has 1 aliphatic rings. The lowest BCUT2D eigenvalue weighted by Gasteiger charge is -2.27. The molecule has 0 aromatic rings. The highest BCUT2D eigenvalue weighted by Gasteiger charge is 2.33. The van der Waals surface area contributed by atoms with Crippen molar-refractivity contribution in [3.8, 4) is 0 Å². The quantitative estimate of drug-likeness (QED) is 0.704. The monoisotopic (exact) mass is 290 g/mol. The molecule has 6 heteroatoms. The van der Waals surface area contributed by atoms with E-state index in [1.807, 2.05) is 6.92 Å². The Kier molecular flexibility index (Phi) is 6.26. The minimum absolute atomic E-state index is 0.0788. The highest BCUT2D eigenvalue weighted by atomic mass is 32.2. The fraction of sp³-hybridized carbons (Fsp3) is 0.923. The van der Waals surface area contributed by atoms with Crippen molar-refractivity contribution >= 4 is 15.7 Å². The number of carbonyl (C=O) groups excluding carboxylic acids is 1. The second kappa shape index (κ2) is 7.24. The van der Waals surface area contributed by atoms with E-state index in [0.29, 0.717) is 25.4 Å². The molecule has 0 spiro atoms. The Morgan fingerprint density at radius 3 is 2.58 bits per heavy atom. The number of amides is 1. The van der Waals surface area contributed by atoms with Crippen LogP contribution in [-0.2, 0) is 14.6 Å². The number of nitrogens with one attached hydrogen (secondary N) is 1. The SMILES string of the molecule is CCN(C(=O)CCCNC(C)C)C1CCS(=O)(=O)C1. The maximum Gasteiger partial charge on any atom is 0.222 e. The van der Waals surface area contributed by atoms with Gasteiger partial charge in [-0.15, -0.1) is 0 Å². The van der Waals surface area contributed by atoms with E-state index in [9.17, 15) is 13.2 Å². The maximum absolute atomic E-state index is 12.1. The molecular weight excluding hydrogens is 264 g/mol. The van der Waals surface area contributed by atoms with Crippen molar-refractivity contribution in [1.29, 1.82) is 0 Å². The molecule has 1 amide bonds. The summed E-state index contributed by atoms with van der Waals surface area (Å²) < 4.78 is 22.9. The molecule has 1 aliphatic heterocycles. The molecule has 1 unspecified atom stereocenters. The first kappa shape index (κ1) is 16.4. The van der Waals surface area contributed by atoms with E-state index in [-0.39, 0.29) is 23.5 Å². The first-order valence-electron chi connectivity index (χ1n) is 7.09. The molecule has 1 heterocycles. The summed E-state index contributed by atoms with van der Waals surface area (Å²) in [4.78, 5) is 13.9. The van der Waals surface area contributed by atoms with Gasteiger partial charge in [0.2, 0.25) is 5.91 Å². The molecule has 1 fully saturated rings. The van der Waals surface area contributed by atoms with E-state index in [4.69, 9.17) is 0 Å². The smallest absolute Gasteiger partial charge is 0.222 e. The molecule has 0 aliphatic carbocycles. The Morgan fingerprint density at radius 1 is 1.42 bits per heavy atom. The zero-order valence-electron chi connectivity index (χ0n) is 12.2. The molecule has 0 bridgehead atoms. The first-order chi connectivity index (χ1) is 8.85. The van der Waals surface area contributed by atoms with E-state index >= 15 is 0 Å². The third-order valence-electron chi connectivity index (χ3n) is 3.43. The average Bonchev–Trinajstić information content (AvgIpc) is 2.66. The van der Waals surface area contributed by atoms with Gasteiger partial charge >= 0.3 is 0 Å². The standard InChI is InChI=1S/C13H26N2O3S/c1-4-15(12-7-9-19(17,18)10-12)13(16)6-5-8-14-11(2)3/h11-12,14H,4-10H2,1-3H3. The summed E-state index contributed by atoms with van der Waals surface area (Å²) in [5.74, 6) is 0.433. The van der Waals surface area contributed by atoms with Crippen LogP contribution >= 0.6 is 0 Å². The Hall–Kier alpha value is -0.620. The van der Waals surface area contributed by atoms with Crippen LogP contribution in [0.3, 0.4) is 0 Å². The molecule has 0 saturated carbocycles. The van der Waals surface area contributed by atoms with Crippen molar-refractivity contribution in [1.82, 2.24) is 10.2 Å². The molecule has 1 atom stereocenters. The van der Waals surface area contributed by atoms with E-state index in [1.54, 1.807) is 4.90 Å². The van der Waals surface area contributed by atoms with Crippen LogP contribution in [0.4, 0.5) is 0 Å². The van der Waals surface area contributed by atoms with Crippen LogP contribution in [0.2, 0.25) is 0 Å². The van der Waals surface area contributed by atoms with E-state index in [0.717, 1.165) is 13.0 Å². The summed E-state index contributed by atoms with van der Waals surface area (Å²) in [6.07, 6.45) is 1.88. The van der Waals surface area contributed by atoms with Crippen LogP contribution in [0.15, 0.2) is 0 Å². The van der Waals surface area contributed by atoms with Gasteiger partial charge in [-0.2, -0.15) is 0 Å². The topological polar surface area (TPSA) is 66.5 Å². The van der Waals surface area contributed by atoms with Gasteiger partial charge in [0.1, 0.15) is 0 Å². The Bertz CT molecular complexity index is 393. The largest absolute Gasteiger partial charge is 0.339 e. The minimum Gasteiger partial charge on any atom is -0.339 e. The van der Waals surface area contributed by atoms with E-state index in [2.05, 4.69) is 19.2 Å². The third-order valence-corrected chi connectivity index (χ3v) is 5.18. The Morgan fingerprint density at radius 2 is 2.11 bits per heavy atom. The van der Waals surface area contributed by atoms with Gasteiger partial charge in [0.25, 0.3) is 0 Å². The van der Waals surface area contributed by atoms with E-state index < -0.39 is 9.84 Å². The van der Waals surface area contributed by atoms with Crippen LogP contribution in [0.1, 0.15) is 40.0 Å². The summed E-state index contributed by atoms with van der Waals surface area (Å²) in [5, 5.41) is 3.27. The van der Waals surface area contributed by atoms with Gasteiger partial charge in [-0.1, -0.05) is 13.8 Å². The normalized spacial score (nSPS) is 21.8. The lowest BCUT2D eigenvalue weighted by molar-refractivity contribution is -0.132. The summed E-state index contributed by atoms with van der Waals surface area (Å²) in [5.41, 5.74) is 0. The van der Waals surface area contributed by atoms with Gasteiger partial charge in [0, 0.05) is 25.0 Å². The first-order valence-corrected chi connectivity index (χ1v) is 8.91. The van der Waals surface area contributed by atoms with Crippen molar-refractivity contribution in [2.45, 2.75) is 52.1 Å². The number of sulfone groups is 1. The van der Waals surface area contributed by atoms with Crippen molar-refractivity contribution in [2.24, 2.45) is 0 Å². The molecule has 1 saturated heterocycles. The lowest BCUT2D eigenvalue weighted by atomic mass is 10.2. The Balaban J connectivity index is 2.40. The van der Waals surface area contributed by atoms with Crippen molar-refractivity contribution in [3.63, 3.8) is 0 Å². The lowest BCUT2D eigenvalue weighted by Crippen LogP contribution is -2.41. The maximum atomic E-state index is 12.1. The fourth-order valence-electron chi connectivity index (χ4n) is 2.43. The molecule has 1 N–H and O–H groups in total. The van der Waals surface area contributed by atoms with Gasteiger partial charge < -0.3 is 10.2 Å². The van der Waals surface area contributed by atoms with Crippen LogP contribution in [-0.4, -0.2) is 55.9 Å². The summed E-state index contributed by atoms with van der Waals surface area (Å²) >= 11 is 0. The zero-order valence-corrected chi connectivity index (χ0v) is 13.0. The van der Waals surface area contributed by atoms with Gasteiger partial charge in [-0.3, -0.25) is 4.79 Å². The average molecular weight is 290 g/mol. The third kappa shape index (κ3) is 5.48.